The van der Waals surface area contributed by atoms with Gasteiger partial charge in [-0.2, -0.15) is 0 Å². The van der Waals surface area contributed by atoms with E-state index in [0.29, 0.717) is 16.0 Å². The molecule has 112 valence electrons. The van der Waals surface area contributed by atoms with Gasteiger partial charge in [0.05, 0.1) is 10.0 Å². The summed E-state index contributed by atoms with van der Waals surface area (Å²) < 4.78 is 0. The molecule has 2 aliphatic rings. The second-order valence-corrected chi connectivity index (χ2v) is 7.61. The Hall–Kier alpha value is -0.700. The lowest BCUT2D eigenvalue weighted by molar-refractivity contribution is 0.116. The van der Waals surface area contributed by atoms with Crippen molar-refractivity contribution in [3.63, 3.8) is 0 Å². The highest BCUT2D eigenvalue weighted by molar-refractivity contribution is 6.42. The highest BCUT2D eigenvalue weighted by atomic mass is 35.5. The molecule has 1 aliphatic heterocycles. The first kappa shape index (κ1) is 13.9. The summed E-state index contributed by atoms with van der Waals surface area (Å²) in [6, 6.07) is 4.01. The predicted molar refractivity (Wildman–Crippen MR) is 89.5 cm³/mol. The average molecular weight is 323 g/mol. The van der Waals surface area contributed by atoms with Crippen LogP contribution in [0.1, 0.15) is 30.5 Å². The monoisotopic (exact) mass is 322 g/mol. The maximum Gasteiger partial charge on any atom is 0.0613 e. The Bertz CT molecular complexity index is 706. The SMILES string of the molecule is C[C@@H]1c2c([nH]c3cc(Cl)c(Cl)cc23)CC2CCN(C)C[C@H]21. The number of fused-ring (bicyclic) bond motifs is 4. The third-order valence-corrected chi connectivity index (χ3v) is 6.26. The van der Waals surface area contributed by atoms with Crippen LogP contribution in [0.25, 0.3) is 10.9 Å². The van der Waals surface area contributed by atoms with E-state index in [4.69, 9.17) is 23.2 Å². The number of likely N-dealkylation sites (tertiary alicyclic amines) is 1. The highest BCUT2D eigenvalue weighted by Crippen LogP contribution is 2.46. The van der Waals surface area contributed by atoms with Gasteiger partial charge in [-0.1, -0.05) is 30.1 Å². The fourth-order valence-corrected chi connectivity index (χ4v) is 4.77. The van der Waals surface area contributed by atoms with Gasteiger partial charge in [0.25, 0.3) is 0 Å². The van der Waals surface area contributed by atoms with E-state index in [9.17, 15) is 0 Å². The number of H-pyrrole nitrogens is 1. The van der Waals surface area contributed by atoms with Gasteiger partial charge in [0, 0.05) is 23.1 Å². The van der Waals surface area contributed by atoms with E-state index in [1.807, 2.05) is 12.1 Å². The topological polar surface area (TPSA) is 19.0 Å². The molecular weight excluding hydrogens is 303 g/mol. The normalized spacial score (nSPS) is 29.4. The molecule has 1 aromatic heterocycles. The van der Waals surface area contributed by atoms with Crippen LogP contribution in [-0.4, -0.2) is 30.0 Å². The Balaban J connectivity index is 1.86. The van der Waals surface area contributed by atoms with Gasteiger partial charge in [0.2, 0.25) is 0 Å². The number of nitrogens with one attached hydrogen (secondary N) is 1. The van der Waals surface area contributed by atoms with E-state index in [0.717, 1.165) is 17.4 Å². The molecule has 1 N–H and O–H groups in total. The minimum Gasteiger partial charge on any atom is -0.358 e. The van der Waals surface area contributed by atoms with Crippen LogP contribution in [-0.2, 0) is 6.42 Å². The fraction of sp³-hybridized carbons (Fsp3) is 0.529. The van der Waals surface area contributed by atoms with Crippen molar-refractivity contribution in [2.75, 3.05) is 20.1 Å². The molecule has 4 heteroatoms. The number of rotatable bonds is 0. The number of nitrogens with zero attached hydrogens (tertiary/aromatic N) is 1. The zero-order valence-corrected chi connectivity index (χ0v) is 13.9. The van der Waals surface area contributed by atoms with Gasteiger partial charge in [-0.25, -0.2) is 0 Å². The number of piperidine rings is 1. The number of halogens is 2. The molecule has 0 saturated carbocycles. The van der Waals surface area contributed by atoms with Gasteiger partial charge >= 0.3 is 0 Å². The second-order valence-electron chi connectivity index (χ2n) is 6.80. The summed E-state index contributed by atoms with van der Waals surface area (Å²) in [5.74, 6) is 2.14. The van der Waals surface area contributed by atoms with Crippen molar-refractivity contribution >= 4 is 34.1 Å². The maximum atomic E-state index is 6.24. The van der Waals surface area contributed by atoms with Gasteiger partial charge in [0.1, 0.15) is 0 Å². The summed E-state index contributed by atoms with van der Waals surface area (Å²) in [6.07, 6.45) is 2.48. The molecule has 1 saturated heterocycles. The predicted octanol–water partition coefficient (Wildman–Crippen LogP) is 4.70. The van der Waals surface area contributed by atoms with Gasteiger partial charge in [-0.15, -0.1) is 0 Å². The molecular formula is C17H20Cl2N2. The molecule has 2 aromatic rings. The van der Waals surface area contributed by atoms with Gasteiger partial charge in [-0.3, -0.25) is 0 Å². The van der Waals surface area contributed by atoms with E-state index in [-0.39, 0.29) is 0 Å². The lowest BCUT2D eigenvalue weighted by atomic mass is 9.68. The summed E-state index contributed by atoms with van der Waals surface area (Å²) in [7, 11) is 2.24. The smallest absolute Gasteiger partial charge is 0.0613 e. The van der Waals surface area contributed by atoms with Crippen molar-refractivity contribution in [1.29, 1.82) is 0 Å². The Labute approximate surface area is 135 Å². The van der Waals surface area contributed by atoms with Crippen LogP contribution in [0.5, 0.6) is 0 Å². The van der Waals surface area contributed by atoms with Crippen LogP contribution >= 0.6 is 23.2 Å². The molecule has 1 fully saturated rings. The Morgan fingerprint density at radius 3 is 2.81 bits per heavy atom. The summed E-state index contributed by atoms with van der Waals surface area (Å²) >= 11 is 12.4. The fourth-order valence-electron chi connectivity index (χ4n) is 4.44. The van der Waals surface area contributed by atoms with Gasteiger partial charge in [-0.05, 0) is 61.9 Å². The van der Waals surface area contributed by atoms with Crippen LogP contribution in [0.15, 0.2) is 12.1 Å². The molecule has 4 rings (SSSR count). The Morgan fingerprint density at radius 2 is 2.00 bits per heavy atom. The molecule has 21 heavy (non-hydrogen) atoms. The first-order valence-corrected chi connectivity index (χ1v) is 8.48. The van der Waals surface area contributed by atoms with Crippen LogP contribution in [0.3, 0.4) is 0 Å². The first-order valence-electron chi connectivity index (χ1n) is 7.72. The number of benzene rings is 1. The van der Waals surface area contributed by atoms with Crippen molar-refractivity contribution < 1.29 is 0 Å². The second kappa shape index (κ2) is 4.91. The third-order valence-electron chi connectivity index (χ3n) is 5.53. The molecule has 3 atom stereocenters. The molecule has 0 amide bonds. The van der Waals surface area contributed by atoms with Crippen LogP contribution in [0, 0.1) is 11.8 Å². The molecule has 1 unspecified atom stereocenters. The van der Waals surface area contributed by atoms with Crippen molar-refractivity contribution in [2.24, 2.45) is 11.8 Å². The molecule has 1 aliphatic carbocycles. The summed E-state index contributed by atoms with van der Waals surface area (Å²) in [4.78, 5) is 6.08. The van der Waals surface area contributed by atoms with Crippen LogP contribution in [0.4, 0.5) is 0 Å². The van der Waals surface area contributed by atoms with E-state index in [1.165, 1.54) is 42.6 Å². The lowest BCUT2D eigenvalue weighted by Crippen LogP contribution is -2.43. The zero-order valence-electron chi connectivity index (χ0n) is 12.4. The largest absolute Gasteiger partial charge is 0.358 e. The quantitative estimate of drug-likeness (QED) is 0.744. The third kappa shape index (κ3) is 2.11. The first-order chi connectivity index (χ1) is 10.0. The van der Waals surface area contributed by atoms with Crippen LogP contribution < -0.4 is 0 Å². The molecule has 0 radical (unpaired) electrons. The summed E-state index contributed by atoms with van der Waals surface area (Å²) in [5.41, 5.74) is 4.01. The number of hydrogen-bond acceptors (Lipinski definition) is 1. The Kier molecular flexibility index (Phi) is 3.25. The standard InChI is InChI=1S/C17H20Cl2N2/c1-9-12-8-21(2)4-3-10(12)5-16-17(9)11-6-13(18)14(19)7-15(11)20-16/h6-7,9-10,12,20H,3-5,8H2,1-2H3/t9-,10?,12-/m0/s1. The minimum atomic E-state index is 0.576. The highest BCUT2D eigenvalue weighted by Gasteiger charge is 2.39. The van der Waals surface area contributed by atoms with Crippen molar-refractivity contribution in [3.05, 3.63) is 33.4 Å². The van der Waals surface area contributed by atoms with Gasteiger partial charge in [0.15, 0.2) is 0 Å². The number of aromatic nitrogens is 1. The van der Waals surface area contributed by atoms with Crippen molar-refractivity contribution in [1.82, 2.24) is 9.88 Å². The molecule has 2 nitrogen and oxygen atoms in total. The summed E-state index contributed by atoms with van der Waals surface area (Å²) in [6.45, 7) is 4.81. The zero-order chi connectivity index (χ0) is 14.7. The molecule has 0 spiro atoms. The number of hydrogen-bond donors (Lipinski definition) is 1. The average Bonchev–Trinajstić information content (AvgIpc) is 2.78. The van der Waals surface area contributed by atoms with E-state index in [2.05, 4.69) is 23.9 Å². The van der Waals surface area contributed by atoms with Crippen molar-refractivity contribution in [2.45, 2.75) is 25.7 Å². The summed E-state index contributed by atoms with van der Waals surface area (Å²) in [5, 5.41) is 2.55. The maximum absolute atomic E-state index is 6.24. The molecule has 1 aromatic carbocycles. The minimum absolute atomic E-state index is 0.576. The Morgan fingerprint density at radius 1 is 1.24 bits per heavy atom. The van der Waals surface area contributed by atoms with E-state index < -0.39 is 0 Å². The van der Waals surface area contributed by atoms with Gasteiger partial charge < -0.3 is 9.88 Å². The van der Waals surface area contributed by atoms with E-state index in [1.54, 1.807) is 0 Å². The molecule has 2 heterocycles. The van der Waals surface area contributed by atoms with Crippen LogP contribution in [0.2, 0.25) is 10.0 Å². The van der Waals surface area contributed by atoms with Crippen molar-refractivity contribution in [3.8, 4) is 0 Å². The van der Waals surface area contributed by atoms with E-state index >= 15 is 0 Å². The molecule has 0 bridgehead atoms. The number of aromatic amines is 1. The lowest BCUT2D eigenvalue weighted by Gasteiger charge is -2.43.